The summed E-state index contributed by atoms with van der Waals surface area (Å²) in [5.74, 6) is 0. The Hall–Kier alpha value is -0.710. The van der Waals surface area contributed by atoms with Crippen molar-refractivity contribution in [3.63, 3.8) is 0 Å². The maximum absolute atomic E-state index is 10.3. The Morgan fingerprint density at radius 2 is 2.25 bits per heavy atom. The van der Waals surface area contributed by atoms with Crippen LogP contribution in [0.4, 0.5) is 0 Å². The summed E-state index contributed by atoms with van der Waals surface area (Å²) in [5.41, 5.74) is 0.854. The molecule has 0 unspecified atom stereocenters. The molecule has 0 bridgehead atoms. The van der Waals surface area contributed by atoms with Gasteiger partial charge < -0.3 is 0 Å². The van der Waals surface area contributed by atoms with Crippen LogP contribution in [0.5, 0.6) is 0 Å². The summed E-state index contributed by atoms with van der Waals surface area (Å²) in [6.45, 7) is 0.374. The predicted octanol–water partition coefficient (Wildman–Crippen LogP) is -0.571. The topological polar surface area (TPSA) is 58.9 Å². The second-order valence-electron chi connectivity index (χ2n) is 1.27. The fourth-order valence-corrected chi connectivity index (χ4v) is 0.952. The molecule has 0 aromatic heterocycles. The van der Waals surface area contributed by atoms with Crippen LogP contribution in [-0.2, 0) is 10.0 Å². The van der Waals surface area contributed by atoms with E-state index in [-0.39, 0.29) is 0 Å². The highest BCUT2D eigenvalue weighted by molar-refractivity contribution is 8.03. The number of rotatable bonds is 0. The molecule has 0 spiro atoms. The zero-order valence-corrected chi connectivity index (χ0v) is 4.80. The highest BCUT2D eigenvalue weighted by Crippen LogP contribution is 1.89. The van der Waals surface area contributed by atoms with Crippen molar-refractivity contribution in [3.8, 4) is 0 Å². The Balaban J connectivity index is 3.03. The molecule has 0 aliphatic carbocycles. The van der Waals surface area contributed by atoms with E-state index in [2.05, 4.69) is 9.39 Å². The molecule has 0 aromatic carbocycles. The van der Waals surface area contributed by atoms with Crippen LogP contribution in [0.1, 0.15) is 0 Å². The lowest BCUT2D eigenvalue weighted by Gasteiger charge is -1.91. The molecule has 0 fully saturated rings. The second-order valence-corrected chi connectivity index (χ2v) is 2.73. The molecule has 0 atom stereocenters. The smallest absolute Gasteiger partial charge is 0.273 e. The maximum atomic E-state index is 10.3. The predicted molar refractivity (Wildman–Crippen MR) is 30.8 cm³/mol. The summed E-state index contributed by atoms with van der Waals surface area (Å²) < 4.78 is 23.8. The summed E-state index contributed by atoms with van der Waals surface area (Å²) in [6.07, 6.45) is 1.26. The molecular formula is C3H4N2O2S. The Bertz CT molecular complexity index is 208. The molecule has 1 aliphatic rings. The maximum Gasteiger partial charge on any atom is 0.292 e. The van der Waals surface area contributed by atoms with Gasteiger partial charge in [-0.05, 0) is 0 Å². The van der Waals surface area contributed by atoms with Crippen LogP contribution in [-0.4, -0.2) is 26.7 Å². The lowest BCUT2D eigenvalue weighted by atomic mass is 10.8. The van der Waals surface area contributed by atoms with Gasteiger partial charge in [-0.25, -0.2) is 0 Å². The molecule has 44 valence electrons. The zero-order chi connectivity index (χ0) is 6.04. The minimum absolute atomic E-state index is 0.374. The van der Waals surface area contributed by atoms with Gasteiger partial charge in [0, 0.05) is 6.21 Å². The third kappa shape index (κ3) is 1.13. The summed E-state index contributed by atoms with van der Waals surface area (Å²) in [5, 5.41) is 0. The molecule has 0 radical (unpaired) electrons. The summed E-state index contributed by atoms with van der Waals surface area (Å²) in [6, 6.07) is 0. The van der Waals surface area contributed by atoms with Gasteiger partial charge in [0.25, 0.3) is 10.0 Å². The van der Waals surface area contributed by atoms with E-state index < -0.39 is 10.0 Å². The normalized spacial score (nSPS) is 23.5. The molecule has 0 saturated heterocycles. The third-order valence-electron chi connectivity index (χ3n) is 0.616. The number of aliphatic imine (C=N–C) groups is 1. The van der Waals surface area contributed by atoms with Gasteiger partial charge in [-0.15, -0.1) is 0 Å². The van der Waals surface area contributed by atoms with Crippen molar-refractivity contribution in [1.82, 2.24) is 0 Å². The quantitative estimate of drug-likeness (QED) is 0.443. The van der Waals surface area contributed by atoms with E-state index in [9.17, 15) is 8.42 Å². The minimum atomic E-state index is -3.30. The first-order valence-corrected chi connectivity index (χ1v) is 3.50. The number of sulfonamides is 1. The van der Waals surface area contributed by atoms with Gasteiger partial charge in [0.1, 0.15) is 5.55 Å². The van der Waals surface area contributed by atoms with Crippen LogP contribution in [0.3, 0.4) is 0 Å². The Morgan fingerprint density at radius 1 is 1.50 bits per heavy atom. The SMILES string of the molecule is O=S1(=O)C=NCC=N1. The first-order valence-electron chi connectivity index (χ1n) is 1.99. The third-order valence-corrected chi connectivity index (χ3v) is 1.47. The molecule has 5 heteroatoms. The van der Waals surface area contributed by atoms with Crippen molar-refractivity contribution in [2.45, 2.75) is 0 Å². The van der Waals surface area contributed by atoms with E-state index in [1.165, 1.54) is 6.21 Å². The van der Waals surface area contributed by atoms with Crippen LogP contribution >= 0.6 is 0 Å². The van der Waals surface area contributed by atoms with Crippen LogP contribution in [0.15, 0.2) is 9.39 Å². The van der Waals surface area contributed by atoms with Gasteiger partial charge in [-0.1, -0.05) is 0 Å². The fourth-order valence-electron chi connectivity index (χ4n) is 0.349. The van der Waals surface area contributed by atoms with Gasteiger partial charge in [-0.2, -0.15) is 12.8 Å². The highest BCUT2D eigenvalue weighted by Gasteiger charge is 2.02. The lowest BCUT2D eigenvalue weighted by Crippen LogP contribution is -2.03. The average molecular weight is 132 g/mol. The molecule has 0 saturated carbocycles. The van der Waals surface area contributed by atoms with E-state index in [1.807, 2.05) is 0 Å². The first-order chi connectivity index (χ1) is 3.71. The lowest BCUT2D eigenvalue weighted by molar-refractivity contribution is 0.609. The van der Waals surface area contributed by atoms with Crippen LogP contribution in [0.25, 0.3) is 0 Å². The molecule has 1 rings (SSSR count). The molecule has 0 N–H and O–H groups in total. The molecule has 0 amide bonds. The highest BCUT2D eigenvalue weighted by atomic mass is 32.2. The first kappa shape index (κ1) is 5.43. The van der Waals surface area contributed by atoms with Crippen LogP contribution in [0.2, 0.25) is 0 Å². The Morgan fingerprint density at radius 3 is 2.50 bits per heavy atom. The van der Waals surface area contributed by atoms with E-state index >= 15 is 0 Å². The van der Waals surface area contributed by atoms with Gasteiger partial charge in [0.15, 0.2) is 0 Å². The van der Waals surface area contributed by atoms with Crippen molar-refractivity contribution in [2.24, 2.45) is 9.39 Å². The van der Waals surface area contributed by atoms with E-state index in [0.29, 0.717) is 6.54 Å². The summed E-state index contributed by atoms with van der Waals surface area (Å²) >= 11 is 0. The average Bonchev–Trinajstić information content (AvgIpc) is 1.65. The van der Waals surface area contributed by atoms with E-state index in [0.717, 1.165) is 5.55 Å². The van der Waals surface area contributed by atoms with Crippen molar-refractivity contribution < 1.29 is 8.42 Å². The summed E-state index contributed by atoms with van der Waals surface area (Å²) in [7, 11) is -3.30. The standard InChI is InChI=1S/C3H4N2O2S/c6-8(7)3-4-1-2-5-8/h2-3H,1H2. The van der Waals surface area contributed by atoms with Crippen LogP contribution in [0, 0.1) is 0 Å². The summed E-state index contributed by atoms with van der Waals surface area (Å²) in [4.78, 5) is 3.47. The second kappa shape index (κ2) is 1.66. The zero-order valence-electron chi connectivity index (χ0n) is 3.98. The minimum Gasteiger partial charge on any atom is -0.273 e. The van der Waals surface area contributed by atoms with E-state index in [4.69, 9.17) is 0 Å². The number of nitrogens with zero attached hydrogens (tertiary/aromatic N) is 2. The Kier molecular flexibility index (Phi) is 1.13. The molecular weight excluding hydrogens is 128 g/mol. The van der Waals surface area contributed by atoms with Crippen molar-refractivity contribution >= 4 is 21.8 Å². The molecule has 1 heterocycles. The van der Waals surface area contributed by atoms with Gasteiger partial charge in [0.05, 0.1) is 6.54 Å². The fraction of sp³-hybridized carbons (Fsp3) is 0.333. The van der Waals surface area contributed by atoms with Crippen molar-refractivity contribution in [1.29, 1.82) is 0 Å². The van der Waals surface area contributed by atoms with Gasteiger partial charge >= 0.3 is 0 Å². The monoisotopic (exact) mass is 132 g/mol. The van der Waals surface area contributed by atoms with E-state index in [1.54, 1.807) is 0 Å². The number of hydrogen-bond donors (Lipinski definition) is 0. The number of hydrogen-bond acceptors (Lipinski definition) is 3. The Labute approximate surface area is 47.0 Å². The van der Waals surface area contributed by atoms with Crippen LogP contribution < -0.4 is 0 Å². The molecule has 4 nitrogen and oxygen atoms in total. The van der Waals surface area contributed by atoms with Gasteiger partial charge in [-0.3, -0.25) is 4.99 Å². The molecule has 0 aromatic rings. The largest absolute Gasteiger partial charge is 0.292 e. The van der Waals surface area contributed by atoms with Crippen molar-refractivity contribution in [2.75, 3.05) is 6.54 Å². The molecule has 1 aliphatic heterocycles. The van der Waals surface area contributed by atoms with Gasteiger partial charge in [0.2, 0.25) is 0 Å². The van der Waals surface area contributed by atoms with Crippen molar-refractivity contribution in [3.05, 3.63) is 0 Å². The molecule has 8 heavy (non-hydrogen) atoms.